The van der Waals surface area contributed by atoms with Gasteiger partial charge >= 0.3 is 0 Å². The number of nitrogens with one attached hydrogen (secondary N) is 1. The van der Waals surface area contributed by atoms with Crippen LogP contribution in [-0.2, 0) is 0 Å². The van der Waals surface area contributed by atoms with Gasteiger partial charge in [-0.3, -0.25) is 0 Å². The predicted molar refractivity (Wildman–Crippen MR) is 70.5 cm³/mol. The van der Waals surface area contributed by atoms with E-state index in [9.17, 15) is 0 Å². The van der Waals surface area contributed by atoms with E-state index in [4.69, 9.17) is 0 Å². The first-order valence-electron chi connectivity index (χ1n) is 5.60. The maximum Gasteiger partial charge on any atom is 0.0437 e. The van der Waals surface area contributed by atoms with Crippen molar-refractivity contribution < 1.29 is 0 Å². The van der Waals surface area contributed by atoms with Crippen molar-refractivity contribution in [3.8, 4) is 0 Å². The molecule has 0 amide bonds. The Kier molecular flexibility index (Phi) is 5.81. The van der Waals surface area contributed by atoms with E-state index < -0.39 is 0 Å². The summed E-state index contributed by atoms with van der Waals surface area (Å²) in [5.74, 6) is 0. The molecule has 1 N–H and O–H groups in total. The normalized spacial score (nSPS) is 14.9. The van der Waals surface area contributed by atoms with Crippen LogP contribution in [0.1, 0.15) is 31.9 Å². The lowest BCUT2D eigenvalue weighted by molar-refractivity contribution is 0.528. The van der Waals surface area contributed by atoms with Crippen LogP contribution in [0.15, 0.2) is 30.3 Å². The average Bonchev–Trinajstić information content (AvgIpc) is 2.30. The molecule has 1 aromatic rings. The molecule has 1 rings (SSSR count). The molecule has 1 nitrogen and oxygen atoms in total. The fraction of sp³-hybridized carbons (Fsp3) is 0.538. The van der Waals surface area contributed by atoms with Crippen molar-refractivity contribution in [2.24, 2.45) is 0 Å². The monoisotopic (exact) mass is 223 g/mol. The summed E-state index contributed by atoms with van der Waals surface area (Å²) >= 11 is 1.92. The van der Waals surface area contributed by atoms with Gasteiger partial charge in [-0.1, -0.05) is 44.2 Å². The van der Waals surface area contributed by atoms with Gasteiger partial charge in [-0.2, -0.15) is 11.8 Å². The Hall–Kier alpha value is -0.470. The van der Waals surface area contributed by atoms with Crippen LogP contribution < -0.4 is 5.32 Å². The second kappa shape index (κ2) is 6.91. The van der Waals surface area contributed by atoms with Gasteiger partial charge in [0.1, 0.15) is 0 Å². The molecule has 0 spiro atoms. The Labute approximate surface area is 97.7 Å². The van der Waals surface area contributed by atoms with Crippen LogP contribution in [0.25, 0.3) is 0 Å². The highest BCUT2D eigenvalue weighted by molar-refractivity contribution is 7.99. The standard InChI is InChI=1S/C13H21NS/c1-4-10-14-13(11(2)15-3)12-8-6-5-7-9-12/h5-9,11,13-14H,4,10H2,1-3H3. The van der Waals surface area contributed by atoms with Gasteiger partial charge in [0.05, 0.1) is 0 Å². The second-order valence-electron chi connectivity index (χ2n) is 3.78. The lowest BCUT2D eigenvalue weighted by Crippen LogP contribution is -2.29. The summed E-state index contributed by atoms with van der Waals surface area (Å²) in [4.78, 5) is 0. The minimum atomic E-state index is 0.473. The molecule has 0 saturated heterocycles. The number of hydrogen-bond acceptors (Lipinski definition) is 2. The van der Waals surface area contributed by atoms with E-state index in [0.717, 1.165) is 6.54 Å². The summed E-state index contributed by atoms with van der Waals surface area (Å²) in [6.45, 7) is 5.58. The number of thioether (sulfide) groups is 1. The predicted octanol–water partition coefficient (Wildman–Crippen LogP) is 3.48. The van der Waals surface area contributed by atoms with Crippen molar-refractivity contribution in [1.29, 1.82) is 0 Å². The zero-order valence-electron chi connectivity index (χ0n) is 9.86. The zero-order chi connectivity index (χ0) is 11.1. The highest BCUT2D eigenvalue weighted by Crippen LogP contribution is 2.24. The fourth-order valence-corrected chi connectivity index (χ4v) is 2.18. The first-order chi connectivity index (χ1) is 7.29. The van der Waals surface area contributed by atoms with Gasteiger partial charge in [0.2, 0.25) is 0 Å². The molecule has 15 heavy (non-hydrogen) atoms. The smallest absolute Gasteiger partial charge is 0.0437 e. The van der Waals surface area contributed by atoms with Crippen molar-refractivity contribution >= 4 is 11.8 Å². The molecule has 0 heterocycles. The maximum absolute atomic E-state index is 3.62. The summed E-state index contributed by atoms with van der Waals surface area (Å²) in [5.41, 5.74) is 1.40. The summed E-state index contributed by atoms with van der Waals surface area (Å²) in [5, 5.41) is 4.23. The number of hydrogen-bond donors (Lipinski definition) is 1. The molecule has 84 valence electrons. The lowest BCUT2D eigenvalue weighted by Gasteiger charge is -2.24. The SMILES string of the molecule is CCCNC(c1ccccc1)C(C)SC. The van der Waals surface area contributed by atoms with E-state index in [2.05, 4.69) is 55.8 Å². The quantitative estimate of drug-likeness (QED) is 0.792. The van der Waals surface area contributed by atoms with E-state index in [-0.39, 0.29) is 0 Å². The van der Waals surface area contributed by atoms with Crippen molar-refractivity contribution in [3.63, 3.8) is 0 Å². The van der Waals surface area contributed by atoms with E-state index in [1.807, 2.05) is 11.8 Å². The van der Waals surface area contributed by atoms with Gasteiger partial charge in [-0.05, 0) is 24.8 Å². The second-order valence-corrected chi connectivity index (χ2v) is 5.00. The van der Waals surface area contributed by atoms with Gasteiger partial charge in [0.25, 0.3) is 0 Å². The van der Waals surface area contributed by atoms with Crippen molar-refractivity contribution in [2.75, 3.05) is 12.8 Å². The van der Waals surface area contributed by atoms with Gasteiger partial charge in [0, 0.05) is 11.3 Å². The minimum Gasteiger partial charge on any atom is -0.309 e. The maximum atomic E-state index is 3.62. The Bertz CT molecular complexity index is 260. The van der Waals surface area contributed by atoms with Crippen LogP contribution in [0.4, 0.5) is 0 Å². The number of benzene rings is 1. The highest BCUT2D eigenvalue weighted by Gasteiger charge is 2.16. The topological polar surface area (TPSA) is 12.0 Å². The summed E-state index contributed by atoms with van der Waals surface area (Å²) in [7, 11) is 0. The third-order valence-electron chi connectivity index (χ3n) is 2.61. The van der Waals surface area contributed by atoms with Crippen LogP contribution in [0, 0.1) is 0 Å². The molecular weight excluding hydrogens is 202 g/mol. The Morgan fingerprint density at radius 3 is 2.47 bits per heavy atom. The largest absolute Gasteiger partial charge is 0.309 e. The molecule has 2 heteroatoms. The molecule has 0 aromatic heterocycles. The van der Waals surface area contributed by atoms with E-state index in [1.54, 1.807) is 0 Å². The third-order valence-corrected chi connectivity index (χ3v) is 3.63. The first kappa shape index (κ1) is 12.6. The third kappa shape index (κ3) is 3.88. The first-order valence-corrected chi connectivity index (χ1v) is 6.89. The number of rotatable bonds is 6. The van der Waals surface area contributed by atoms with Crippen LogP contribution in [0.3, 0.4) is 0 Å². The van der Waals surface area contributed by atoms with Crippen LogP contribution in [-0.4, -0.2) is 18.1 Å². The van der Waals surface area contributed by atoms with Crippen LogP contribution in [0.2, 0.25) is 0 Å². The molecule has 0 bridgehead atoms. The van der Waals surface area contributed by atoms with Gasteiger partial charge < -0.3 is 5.32 Å². The average molecular weight is 223 g/mol. The Morgan fingerprint density at radius 2 is 1.93 bits per heavy atom. The molecule has 1 aromatic carbocycles. The lowest BCUT2D eigenvalue weighted by atomic mass is 10.0. The van der Waals surface area contributed by atoms with E-state index in [0.29, 0.717) is 11.3 Å². The summed E-state index contributed by atoms with van der Waals surface area (Å²) < 4.78 is 0. The van der Waals surface area contributed by atoms with Crippen LogP contribution >= 0.6 is 11.8 Å². The minimum absolute atomic E-state index is 0.473. The van der Waals surface area contributed by atoms with E-state index >= 15 is 0 Å². The molecule has 0 saturated carbocycles. The molecule has 0 fully saturated rings. The molecule has 0 aliphatic carbocycles. The molecule has 2 atom stereocenters. The Balaban J connectivity index is 2.72. The summed E-state index contributed by atoms with van der Waals surface area (Å²) in [6.07, 6.45) is 3.36. The van der Waals surface area contributed by atoms with Crippen LogP contribution in [0.5, 0.6) is 0 Å². The highest BCUT2D eigenvalue weighted by atomic mass is 32.2. The van der Waals surface area contributed by atoms with Gasteiger partial charge in [0.15, 0.2) is 0 Å². The molecule has 2 unspecified atom stereocenters. The van der Waals surface area contributed by atoms with E-state index in [1.165, 1.54) is 12.0 Å². The van der Waals surface area contributed by atoms with Crippen molar-refractivity contribution in [1.82, 2.24) is 5.32 Å². The molecule has 0 radical (unpaired) electrons. The molecule has 0 aliphatic heterocycles. The summed E-state index contributed by atoms with van der Waals surface area (Å²) in [6, 6.07) is 11.2. The van der Waals surface area contributed by atoms with Crippen molar-refractivity contribution in [3.05, 3.63) is 35.9 Å². The fourth-order valence-electron chi connectivity index (χ4n) is 1.65. The molecular formula is C13H21NS. The Morgan fingerprint density at radius 1 is 1.27 bits per heavy atom. The zero-order valence-corrected chi connectivity index (χ0v) is 10.7. The van der Waals surface area contributed by atoms with Gasteiger partial charge in [-0.15, -0.1) is 0 Å². The molecule has 0 aliphatic rings. The van der Waals surface area contributed by atoms with Gasteiger partial charge in [-0.25, -0.2) is 0 Å². The van der Waals surface area contributed by atoms with Crippen molar-refractivity contribution in [2.45, 2.75) is 31.6 Å².